The lowest BCUT2D eigenvalue weighted by atomic mass is 10.0. The minimum atomic E-state index is -1.51. The van der Waals surface area contributed by atoms with Crippen LogP contribution in [0.25, 0.3) is 11.1 Å². The van der Waals surface area contributed by atoms with E-state index in [1.54, 1.807) is 0 Å². The summed E-state index contributed by atoms with van der Waals surface area (Å²) in [5.74, 6) is -0.822. The molecule has 0 saturated heterocycles. The Balaban J connectivity index is 1.96. The predicted molar refractivity (Wildman–Crippen MR) is 79.4 cm³/mol. The predicted octanol–water partition coefficient (Wildman–Crippen LogP) is 2.14. The molecule has 110 valence electrons. The Bertz CT molecular complexity index is 575. The molecule has 0 saturated carbocycles. The minimum Gasteiger partial charge on any atom is -0.459 e. The van der Waals surface area contributed by atoms with Crippen molar-refractivity contribution in [1.29, 1.82) is 0 Å². The smallest absolute Gasteiger partial charge is 0.338 e. The molecule has 2 atom stereocenters. The van der Waals surface area contributed by atoms with Crippen molar-refractivity contribution >= 4 is 5.97 Å². The van der Waals surface area contributed by atoms with Gasteiger partial charge in [0.15, 0.2) is 6.10 Å². The van der Waals surface area contributed by atoms with Crippen molar-refractivity contribution in [3.8, 4) is 11.1 Å². The standard InChI is InChI=1S/C17H18O4/c1-12(18)16(19)17(20)21-11-13-7-9-15(10-8-13)14-5-3-2-4-6-14/h2-10,12,16,18-19H,11H2,1H3/t12-,16+/m0/s1. The minimum absolute atomic E-state index is 0.0671. The molecule has 0 amide bonds. The average Bonchev–Trinajstić information content (AvgIpc) is 2.53. The SMILES string of the molecule is C[C@H](O)[C@@H](O)C(=O)OCc1ccc(-c2ccccc2)cc1. The number of aliphatic hydroxyl groups is 2. The largest absolute Gasteiger partial charge is 0.459 e. The van der Waals surface area contributed by atoms with Gasteiger partial charge in [-0.15, -0.1) is 0 Å². The third-order valence-electron chi connectivity index (χ3n) is 3.14. The summed E-state index contributed by atoms with van der Waals surface area (Å²) in [6.45, 7) is 1.40. The molecule has 0 spiro atoms. The van der Waals surface area contributed by atoms with E-state index in [4.69, 9.17) is 9.84 Å². The Morgan fingerprint density at radius 1 is 1.00 bits per heavy atom. The first kappa shape index (κ1) is 15.2. The van der Waals surface area contributed by atoms with Crippen molar-refractivity contribution in [2.75, 3.05) is 0 Å². The van der Waals surface area contributed by atoms with Gasteiger partial charge in [0.05, 0.1) is 6.10 Å². The lowest BCUT2D eigenvalue weighted by molar-refractivity contribution is -0.160. The Hall–Kier alpha value is -2.17. The van der Waals surface area contributed by atoms with E-state index < -0.39 is 18.2 Å². The second-order valence-electron chi connectivity index (χ2n) is 4.86. The van der Waals surface area contributed by atoms with E-state index in [9.17, 15) is 9.90 Å². The molecule has 0 bridgehead atoms. The second-order valence-corrected chi connectivity index (χ2v) is 4.86. The fourth-order valence-corrected chi connectivity index (χ4v) is 1.86. The number of hydrogen-bond acceptors (Lipinski definition) is 4. The van der Waals surface area contributed by atoms with Crippen LogP contribution in [0.5, 0.6) is 0 Å². The van der Waals surface area contributed by atoms with Crippen LogP contribution < -0.4 is 0 Å². The van der Waals surface area contributed by atoms with Crippen LogP contribution in [0, 0.1) is 0 Å². The zero-order valence-electron chi connectivity index (χ0n) is 11.8. The molecule has 2 aromatic rings. The molecule has 0 heterocycles. The molecule has 0 aliphatic heterocycles. The molecule has 0 fully saturated rings. The van der Waals surface area contributed by atoms with Crippen LogP contribution in [0.3, 0.4) is 0 Å². The number of carbonyl (C=O) groups excluding carboxylic acids is 1. The molecule has 0 aromatic heterocycles. The van der Waals surface area contributed by atoms with Gasteiger partial charge in [0.1, 0.15) is 6.61 Å². The number of rotatable bonds is 5. The summed E-state index contributed by atoms with van der Waals surface area (Å²) in [7, 11) is 0. The topological polar surface area (TPSA) is 66.8 Å². The van der Waals surface area contributed by atoms with Crippen LogP contribution in [0.2, 0.25) is 0 Å². The quantitative estimate of drug-likeness (QED) is 0.826. The summed E-state index contributed by atoms with van der Waals surface area (Å²) >= 11 is 0. The molecule has 0 aliphatic carbocycles. The van der Waals surface area contributed by atoms with Crippen LogP contribution in [-0.4, -0.2) is 28.4 Å². The lowest BCUT2D eigenvalue weighted by Gasteiger charge is -2.13. The zero-order valence-corrected chi connectivity index (χ0v) is 11.8. The highest BCUT2D eigenvalue weighted by Crippen LogP contribution is 2.19. The molecule has 0 aliphatic rings. The summed E-state index contributed by atoms with van der Waals surface area (Å²) in [4.78, 5) is 11.4. The van der Waals surface area contributed by atoms with Gasteiger partial charge in [0.2, 0.25) is 0 Å². The first-order chi connectivity index (χ1) is 10.1. The van der Waals surface area contributed by atoms with Crippen molar-refractivity contribution in [3.63, 3.8) is 0 Å². The maximum absolute atomic E-state index is 11.4. The van der Waals surface area contributed by atoms with Crippen LogP contribution in [0.4, 0.5) is 0 Å². The van der Waals surface area contributed by atoms with Crippen molar-refractivity contribution < 1.29 is 19.7 Å². The summed E-state index contributed by atoms with van der Waals surface area (Å²) in [5.41, 5.74) is 3.01. The third kappa shape index (κ3) is 4.15. The number of aliphatic hydroxyl groups excluding tert-OH is 2. The van der Waals surface area contributed by atoms with E-state index >= 15 is 0 Å². The summed E-state index contributed by atoms with van der Waals surface area (Å²) < 4.78 is 4.95. The average molecular weight is 286 g/mol. The number of ether oxygens (including phenoxy) is 1. The molecular formula is C17H18O4. The van der Waals surface area contributed by atoms with Crippen molar-refractivity contribution in [2.45, 2.75) is 25.7 Å². The van der Waals surface area contributed by atoms with E-state index in [2.05, 4.69) is 0 Å². The van der Waals surface area contributed by atoms with E-state index in [0.29, 0.717) is 0 Å². The highest BCUT2D eigenvalue weighted by atomic mass is 16.5. The van der Waals surface area contributed by atoms with Crippen LogP contribution in [-0.2, 0) is 16.1 Å². The molecule has 2 rings (SSSR count). The molecule has 2 N–H and O–H groups in total. The number of hydrogen-bond donors (Lipinski definition) is 2. The third-order valence-corrected chi connectivity index (χ3v) is 3.14. The van der Waals surface area contributed by atoms with Crippen LogP contribution >= 0.6 is 0 Å². The van der Waals surface area contributed by atoms with E-state index in [0.717, 1.165) is 16.7 Å². The summed E-state index contributed by atoms with van der Waals surface area (Å²) in [6.07, 6.45) is -2.65. The van der Waals surface area contributed by atoms with Crippen molar-refractivity contribution in [3.05, 3.63) is 60.2 Å². The van der Waals surface area contributed by atoms with Gasteiger partial charge in [-0.3, -0.25) is 0 Å². The van der Waals surface area contributed by atoms with Gasteiger partial charge >= 0.3 is 5.97 Å². The highest BCUT2D eigenvalue weighted by molar-refractivity contribution is 5.75. The Morgan fingerprint density at radius 2 is 1.57 bits per heavy atom. The van der Waals surface area contributed by atoms with Gasteiger partial charge in [-0.1, -0.05) is 54.6 Å². The van der Waals surface area contributed by atoms with Gasteiger partial charge in [-0.2, -0.15) is 0 Å². The maximum Gasteiger partial charge on any atom is 0.338 e. The molecule has 2 aromatic carbocycles. The van der Waals surface area contributed by atoms with Crippen molar-refractivity contribution in [1.82, 2.24) is 0 Å². The second kappa shape index (κ2) is 7.02. The van der Waals surface area contributed by atoms with Gasteiger partial charge in [-0.05, 0) is 23.6 Å². The van der Waals surface area contributed by atoms with E-state index in [1.165, 1.54) is 6.92 Å². The normalized spacial score (nSPS) is 13.5. The summed E-state index contributed by atoms with van der Waals surface area (Å²) in [5, 5.41) is 18.4. The lowest BCUT2D eigenvalue weighted by Crippen LogP contribution is -2.33. The van der Waals surface area contributed by atoms with Crippen LogP contribution in [0.15, 0.2) is 54.6 Å². The molecule has 4 heteroatoms. The Morgan fingerprint density at radius 3 is 2.14 bits per heavy atom. The first-order valence-corrected chi connectivity index (χ1v) is 6.75. The monoisotopic (exact) mass is 286 g/mol. The summed E-state index contributed by atoms with van der Waals surface area (Å²) in [6, 6.07) is 17.6. The maximum atomic E-state index is 11.4. The number of esters is 1. The van der Waals surface area contributed by atoms with Crippen LogP contribution in [0.1, 0.15) is 12.5 Å². The molecular weight excluding hydrogens is 268 g/mol. The van der Waals surface area contributed by atoms with Gasteiger partial charge in [0.25, 0.3) is 0 Å². The van der Waals surface area contributed by atoms with Gasteiger partial charge in [0, 0.05) is 0 Å². The van der Waals surface area contributed by atoms with Crippen molar-refractivity contribution in [2.24, 2.45) is 0 Å². The Labute approximate surface area is 123 Å². The van der Waals surface area contributed by atoms with E-state index in [1.807, 2.05) is 54.6 Å². The zero-order chi connectivity index (χ0) is 15.2. The van der Waals surface area contributed by atoms with Gasteiger partial charge in [-0.25, -0.2) is 4.79 Å². The highest BCUT2D eigenvalue weighted by Gasteiger charge is 2.21. The van der Waals surface area contributed by atoms with Gasteiger partial charge < -0.3 is 14.9 Å². The first-order valence-electron chi connectivity index (χ1n) is 6.75. The molecule has 0 radical (unpaired) electrons. The van der Waals surface area contributed by atoms with E-state index in [-0.39, 0.29) is 6.61 Å². The fourth-order valence-electron chi connectivity index (χ4n) is 1.86. The molecule has 21 heavy (non-hydrogen) atoms. The Kier molecular flexibility index (Phi) is 5.09. The molecule has 4 nitrogen and oxygen atoms in total. The number of carbonyl (C=O) groups is 1. The molecule has 0 unspecified atom stereocenters. The number of benzene rings is 2. The fraction of sp³-hybridized carbons (Fsp3) is 0.235.